The number of hydrogen-bond donors (Lipinski definition) is 1. The summed E-state index contributed by atoms with van der Waals surface area (Å²) in [7, 11) is 0. The summed E-state index contributed by atoms with van der Waals surface area (Å²) in [5.41, 5.74) is 0.845. The highest BCUT2D eigenvalue weighted by atomic mass is 16.5. The average Bonchev–Trinajstić information content (AvgIpc) is 2.79. The number of phenolic OH excluding ortho intramolecular Hbond substituents is 1. The Morgan fingerprint density at radius 2 is 1.56 bits per heavy atom. The van der Waals surface area contributed by atoms with Crippen molar-refractivity contribution in [2.45, 2.75) is 0 Å². The molecule has 3 rings (SSSR count). The molecule has 0 spiro atoms. The molecule has 0 fully saturated rings. The molecule has 1 heterocycles. The first kappa shape index (κ1) is 10.2. The second-order valence-corrected chi connectivity index (χ2v) is 3.20. The molecule has 0 radical (unpaired) electrons. The molecule has 0 amide bonds. The van der Waals surface area contributed by atoms with Gasteiger partial charge in [0, 0.05) is 5.39 Å². The van der Waals surface area contributed by atoms with Gasteiger partial charge in [-0.2, -0.15) is 0 Å². The summed E-state index contributed by atoms with van der Waals surface area (Å²) in [6, 6.07) is 16.5. The molecule has 1 aromatic heterocycles. The van der Waals surface area contributed by atoms with Gasteiger partial charge in [0.1, 0.15) is 5.75 Å². The maximum atomic E-state index is 8.63. The minimum Gasteiger partial charge on any atom is -0.508 e. The van der Waals surface area contributed by atoms with Crippen LogP contribution in [0.2, 0.25) is 0 Å². The first-order valence-electron chi connectivity index (χ1n) is 4.90. The summed E-state index contributed by atoms with van der Waals surface area (Å²) in [5.74, 6) is 0.322. The van der Waals surface area contributed by atoms with Crippen LogP contribution in [0, 0.1) is 0 Å². The first-order valence-corrected chi connectivity index (χ1v) is 4.90. The molecular weight excluding hydrogens is 202 g/mol. The van der Waals surface area contributed by atoms with E-state index in [1.807, 2.05) is 30.3 Å². The normalized spacial score (nSPS) is 9.50. The van der Waals surface area contributed by atoms with E-state index in [9.17, 15) is 0 Å². The molecular formula is C13H11NO2. The van der Waals surface area contributed by atoms with Gasteiger partial charge in [-0.05, 0) is 24.3 Å². The second kappa shape index (κ2) is 4.98. The van der Waals surface area contributed by atoms with Gasteiger partial charge in [-0.25, -0.2) is 0 Å². The predicted octanol–water partition coefficient (Wildman–Crippen LogP) is 3.22. The Balaban J connectivity index is 0.000000125. The summed E-state index contributed by atoms with van der Waals surface area (Å²) in [6.07, 6.45) is 1.70. The molecule has 80 valence electrons. The molecule has 0 saturated heterocycles. The fraction of sp³-hybridized carbons (Fsp3) is 0. The number of aromatic nitrogens is 1. The second-order valence-electron chi connectivity index (χ2n) is 3.20. The van der Waals surface area contributed by atoms with Crippen LogP contribution in [0.15, 0.2) is 65.3 Å². The van der Waals surface area contributed by atoms with Gasteiger partial charge in [0.2, 0.25) is 0 Å². The topological polar surface area (TPSA) is 46.3 Å². The molecule has 0 saturated carbocycles. The molecule has 2 aromatic carbocycles. The van der Waals surface area contributed by atoms with E-state index in [0.717, 1.165) is 11.0 Å². The number of para-hydroxylation sites is 2. The quantitative estimate of drug-likeness (QED) is 0.623. The summed E-state index contributed by atoms with van der Waals surface area (Å²) in [5, 5.41) is 13.3. The van der Waals surface area contributed by atoms with Crippen LogP contribution in [0.25, 0.3) is 11.0 Å². The molecule has 3 nitrogen and oxygen atoms in total. The average molecular weight is 213 g/mol. The number of hydrogen-bond acceptors (Lipinski definition) is 3. The maximum absolute atomic E-state index is 8.63. The number of aromatic hydroxyl groups is 1. The smallest absolute Gasteiger partial charge is 0.166 e. The summed E-state index contributed by atoms with van der Waals surface area (Å²) in [6.45, 7) is 0. The third kappa shape index (κ3) is 2.60. The van der Waals surface area contributed by atoms with Gasteiger partial charge < -0.3 is 9.63 Å². The van der Waals surface area contributed by atoms with Gasteiger partial charge in [0.05, 0.1) is 6.20 Å². The van der Waals surface area contributed by atoms with Crippen molar-refractivity contribution in [1.29, 1.82) is 0 Å². The van der Waals surface area contributed by atoms with Crippen LogP contribution in [0.4, 0.5) is 0 Å². The summed E-state index contributed by atoms with van der Waals surface area (Å²) < 4.78 is 4.87. The van der Waals surface area contributed by atoms with Crippen LogP contribution in [0.5, 0.6) is 5.75 Å². The van der Waals surface area contributed by atoms with E-state index in [1.165, 1.54) is 0 Å². The van der Waals surface area contributed by atoms with E-state index in [4.69, 9.17) is 9.63 Å². The van der Waals surface area contributed by atoms with Crippen molar-refractivity contribution in [3.05, 3.63) is 60.8 Å². The lowest BCUT2D eigenvalue weighted by atomic mass is 10.3. The SMILES string of the molecule is Oc1ccccc1.c1ccc2oncc2c1. The number of nitrogens with zero attached hydrogens (tertiary/aromatic N) is 1. The van der Waals surface area contributed by atoms with Crippen molar-refractivity contribution in [3.8, 4) is 5.75 Å². The van der Waals surface area contributed by atoms with Crippen LogP contribution in [-0.2, 0) is 0 Å². The number of phenols is 1. The van der Waals surface area contributed by atoms with Gasteiger partial charge in [-0.3, -0.25) is 0 Å². The predicted molar refractivity (Wildman–Crippen MR) is 62.1 cm³/mol. The molecule has 1 N–H and O–H groups in total. The largest absolute Gasteiger partial charge is 0.508 e. The van der Waals surface area contributed by atoms with Crippen LogP contribution >= 0.6 is 0 Å². The zero-order chi connectivity index (χ0) is 11.2. The third-order valence-corrected chi connectivity index (χ3v) is 2.02. The van der Waals surface area contributed by atoms with E-state index in [0.29, 0.717) is 5.75 Å². The molecule has 0 bridgehead atoms. The van der Waals surface area contributed by atoms with E-state index in [1.54, 1.807) is 30.5 Å². The van der Waals surface area contributed by atoms with Crippen molar-refractivity contribution in [2.75, 3.05) is 0 Å². The zero-order valence-corrected chi connectivity index (χ0v) is 8.58. The van der Waals surface area contributed by atoms with Gasteiger partial charge in [-0.1, -0.05) is 35.5 Å². The molecule has 3 aromatic rings. The van der Waals surface area contributed by atoms with Crippen molar-refractivity contribution < 1.29 is 9.63 Å². The Morgan fingerprint density at radius 3 is 2.19 bits per heavy atom. The molecule has 16 heavy (non-hydrogen) atoms. The van der Waals surface area contributed by atoms with Gasteiger partial charge in [-0.15, -0.1) is 0 Å². The van der Waals surface area contributed by atoms with Crippen LogP contribution in [-0.4, -0.2) is 10.3 Å². The van der Waals surface area contributed by atoms with Crippen molar-refractivity contribution in [2.24, 2.45) is 0 Å². The highest BCUT2D eigenvalue weighted by Gasteiger charge is 1.91. The standard InChI is InChI=1S/C7H5NO.C6H6O/c1-2-4-7-6(3-1)5-8-9-7;7-6-4-2-1-3-5-6/h1-5H;1-5,7H. The molecule has 0 atom stereocenters. The van der Waals surface area contributed by atoms with Crippen molar-refractivity contribution in [1.82, 2.24) is 5.16 Å². The van der Waals surface area contributed by atoms with E-state index >= 15 is 0 Å². The Morgan fingerprint density at radius 1 is 0.875 bits per heavy atom. The van der Waals surface area contributed by atoms with Gasteiger partial charge in [0.25, 0.3) is 0 Å². The molecule has 3 heteroatoms. The van der Waals surface area contributed by atoms with Gasteiger partial charge in [0.15, 0.2) is 5.58 Å². The number of rotatable bonds is 0. The third-order valence-electron chi connectivity index (χ3n) is 2.02. The van der Waals surface area contributed by atoms with Crippen LogP contribution in [0.1, 0.15) is 0 Å². The first-order chi connectivity index (χ1) is 7.86. The van der Waals surface area contributed by atoms with Crippen molar-refractivity contribution >= 4 is 11.0 Å². The lowest BCUT2D eigenvalue weighted by Crippen LogP contribution is -1.57. The maximum Gasteiger partial charge on any atom is 0.166 e. The highest BCUT2D eigenvalue weighted by molar-refractivity contribution is 5.75. The Bertz CT molecular complexity index is 516. The summed E-state index contributed by atoms with van der Waals surface area (Å²) in [4.78, 5) is 0. The Hall–Kier alpha value is -2.29. The fourth-order valence-electron chi connectivity index (χ4n) is 1.24. The van der Waals surface area contributed by atoms with E-state index in [2.05, 4.69) is 5.16 Å². The van der Waals surface area contributed by atoms with Crippen LogP contribution < -0.4 is 0 Å². The summed E-state index contributed by atoms with van der Waals surface area (Å²) >= 11 is 0. The molecule has 0 aliphatic heterocycles. The Kier molecular flexibility index (Phi) is 3.18. The minimum atomic E-state index is 0.322. The van der Waals surface area contributed by atoms with Crippen LogP contribution in [0.3, 0.4) is 0 Å². The fourth-order valence-corrected chi connectivity index (χ4v) is 1.24. The highest BCUT2D eigenvalue weighted by Crippen LogP contribution is 2.10. The zero-order valence-electron chi connectivity index (χ0n) is 8.58. The molecule has 0 aliphatic carbocycles. The minimum absolute atomic E-state index is 0.322. The number of benzene rings is 2. The van der Waals surface area contributed by atoms with E-state index in [-0.39, 0.29) is 0 Å². The lowest BCUT2D eigenvalue weighted by Gasteiger charge is -1.82. The van der Waals surface area contributed by atoms with E-state index < -0.39 is 0 Å². The monoisotopic (exact) mass is 213 g/mol. The van der Waals surface area contributed by atoms with Crippen molar-refractivity contribution in [3.63, 3.8) is 0 Å². The number of fused-ring (bicyclic) bond motifs is 1. The Labute approximate surface area is 92.9 Å². The lowest BCUT2D eigenvalue weighted by molar-refractivity contribution is 0.456. The van der Waals surface area contributed by atoms with Gasteiger partial charge >= 0.3 is 0 Å². The molecule has 0 aliphatic rings. The molecule has 0 unspecified atom stereocenters.